The van der Waals surface area contributed by atoms with Crippen LogP contribution in [0.4, 0.5) is 4.79 Å². The molecular weight excluding hydrogens is 290 g/mol. The van der Waals surface area contributed by atoms with Crippen molar-refractivity contribution in [2.24, 2.45) is 0 Å². The van der Waals surface area contributed by atoms with Gasteiger partial charge in [-0.3, -0.25) is 0 Å². The normalized spacial score (nSPS) is 16.2. The number of ether oxygens (including phenoxy) is 1. The number of hydrogen-bond acceptors (Lipinski definition) is 3. The Morgan fingerprint density at radius 1 is 1.30 bits per heavy atom. The zero-order chi connectivity index (χ0) is 16.2. The second kappa shape index (κ2) is 6.86. The number of aromatic nitrogens is 1. The summed E-state index contributed by atoms with van der Waals surface area (Å²) >= 11 is 0. The lowest BCUT2D eigenvalue weighted by Gasteiger charge is -2.15. The average molecular weight is 313 g/mol. The lowest BCUT2D eigenvalue weighted by atomic mass is 9.98. The van der Waals surface area contributed by atoms with Gasteiger partial charge in [-0.1, -0.05) is 19.1 Å². The molecule has 2 N–H and O–H groups in total. The van der Waals surface area contributed by atoms with E-state index in [0.29, 0.717) is 24.9 Å². The Hall–Kier alpha value is -2.30. The number of amides is 2. The Morgan fingerprint density at radius 2 is 2.13 bits per heavy atom. The molecule has 5 heteroatoms. The number of methoxy groups -OCH3 is 1. The van der Waals surface area contributed by atoms with Crippen LogP contribution in [0.5, 0.6) is 5.88 Å². The van der Waals surface area contributed by atoms with E-state index in [4.69, 9.17) is 4.74 Å². The fraction of sp³-hybridized carbons (Fsp3) is 0.444. The first kappa shape index (κ1) is 15.6. The molecule has 0 spiro atoms. The molecule has 3 rings (SSSR count). The minimum Gasteiger partial charge on any atom is -0.481 e. The summed E-state index contributed by atoms with van der Waals surface area (Å²) in [5.41, 5.74) is 3.59. The SMILES string of the molecule is CCCNC(=O)NCC1CCc2ccc3ccc(OC)nc3c21. The molecule has 0 bridgehead atoms. The van der Waals surface area contributed by atoms with E-state index in [-0.39, 0.29) is 6.03 Å². The number of urea groups is 1. The predicted octanol–water partition coefficient (Wildman–Crippen LogP) is 2.98. The molecule has 1 aliphatic carbocycles. The number of hydrogen-bond donors (Lipinski definition) is 2. The monoisotopic (exact) mass is 313 g/mol. The first-order chi connectivity index (χ1) is 11.2. The number of aryl methyl sites for hydroxylation is 1. The largest absolute Gasteiger partial charge is 0.481 e. The summed E-state index contributed by atoms with van der Waals surface area (Å²) in [6, 6.07) is 8.13. The fourth-order valence-corrected chi connectivity index (χ4v) is 3.22. The highest BCUT2D eigenvalue weighted by Gasteiger charge is 2.26. The Labute approximate surface area is 136 Å². The topological polar surface area (TPSA) is 63.2 Å². The maximum Gasteiger partial charge on any atom is 0.314 e. The Morgan fingerprint density at radius 3 is 2.91 bits per heavy atom. The zero-order valence-electron chi connectivity index (χ0n) is 13.7. The second-order valence-corrected chi connectivity index (χ2v) is 5.94. The van der Waals surface area contributed by atoms with E-state index >= 15 is 0 Å². The molecule has 0 saturated carbocycles. The van der Waals surface area contributed by atoms with Crippen LogP contribution >= 0.6 is 0 Å². The molecule has 23 heavy (non-hydrogen) atoms. The number of carbonyl (C=O) groups excluding carboxylic acids is 1. The molecule has 5 nitrogen and oxygen atoms in total. The van der Waals surface area contributed by atoms with Crippen molar-refractivity contribution in [3.8, 4) is 5.88 Å². The van der Waals surface area contributed by atoms with E-state index < -0.39 is 0 Å². The smallest absolute Gasteiger partial charge is 0.314 e. The van der Waals surface area contributed by atoms with Gasteiger partial charge in [0, 0.05) is 30.5 Å². The van der Waals surface area contributed by atoms with Crippen LogP contribution in [0.15, 0.2) is 24.3 Å². The van der Waals surface area contributed by atoms with Gasteiger partial charge in [-0.25, -0.2) is 9.78 Å². The highest BCUT2D eigenvalue weighted by atomic mass is 16.5. The van der Waals surface area contributed by atoms with E-state index in [1.54, 1.807) is 7.11 Å². The maximum atomic E-state index is 11.8. The van der Waals surface area contributed by atoms with Gasteiger partial charge in [0.1, 0.15) is 0 Å². The van der Waals surface area contributed by atoms with Gasteiger partial charge in [0.05, 0.1) is 12.6 Å². The molecule has 1 heterocycles. The summed E-state index contributed by atoms with van der Waals surface area (Å²) in [5.74, 6) is 0.936. The van der Waals surface area contributed by atoms with E-state index in [0.717, 1.165) is 30.2 Å². The quantitative estimate of drug-likeness (QED) is 0.892. The number of benzene rings is 1. The summed E-state index contributed by atoms with van der Waals surface area (Å²) < 4.78 is 5.27. The average Bonchev–Trinajstić information content (AvgIpc) is 3.01. The maximum absolute atomic E-state index is 11.8. The minimum atomic E-state index is -0.0916. The molecule has 1 unspecified atom stereocenters. The lowest BCUT2D eigenvalue weighted by molar-refractivity contribution is 0.240. The van der Waals surface area contributed by atoms with Crippen LogP contribution in [0.1, 0.15) is 36.8 Å². The van der Waals surface area contributed by atoms with Crippen molar-refractivity contribution in [1.29, 1.82) is 0 Å². The highest BCUT2D eigenvalue weighted by Crippen LogP contribution is 2.37. The Kier molecular flexibility index (Phi) is 4.65. The van der Waals surface area contributed by atoms with Crippen LogP contribution in [-0.4, -0.2) is 31.2 Å². The van der Waals surface area contributed by atoms with Crippen molar-refractivity contribution in [2.75, 3.05) is 20.2 Å². The summed E-state index contributed by atoms with van der Waals surface area (Å²) in [6.45, 7) is 3.38. The number of nitrogens with one attached hydrogen (secondary N) is 2. The molecule has 2 aromatic rings. The fourth-order valence-electron chi connectivity index (χ4n) is 3.22. The van der Waals surface area contributed by atoms with Gasteiger partial charge in [0.25, 0.3) is 0 Å². The third-order valence-electron chi connectivity index (χ3n) is 4.39. The van der Waals surface area contributed by atoms with Gasteiger partial charge in [-0.2, -0.15) is 0 Å². The Balaban J connectivity index is 1.83. The molecule has 1 atom stereocenters. The summed E-state index contributed by atoms with van der Waals surface area (Å²) in [4.78, 5) is 16.4. The van der Waals surface area contributed by atoms with Gasteiger partial charge >= 0.3 is 6.03 Å². The number of carbonyl (C=O) groups is 1. The summed E-state index contributed by atoms with van der Waals surface area (Å²) in [6.07, 6.45) is 3.02. The van der Waals surface area contributed by atoms with Gasteiger partial charge in [-0.15, -0.1) is 0 Å². The predicted molar refractivity (Wildman–Crippen MR) is 91.0 cm³/mol. The number of fused-ring (bicyclic) bond motifs is 3. The van der Waals surface area contributed by atoms with E-state index in [9.17, 15) is 4.79 Å². The molecule has 0 saturated heterocycles. The van der Waals surface area contributed by atoms with Crippen LogP contribution in [0.2, 0.25) is 0 Å². The molecule has 2 amide bonds. The van der Waals surface area contributed by atoms with E-state index in [1.165, 1.54) is 11.1 Å². The van der Waals surface area contributed by atoms with Crippen LogP contribution in [-0.2, 0) is 6.42 Å². The van der Waals surface area contributed by atoms with Gasteiger partial charge in [0.15, 0.2) is 0 Å². The van der Waals surface area contributed by atoms with Crippen LogP contribution in [0, 0.1) is 0 Å². The number of rotatable bonds is 5. The van der Waals surface area contributed by atoms with E-state index in [1.807, 2.05) is 19.1 Å². The third kappa shape index (κ3) is 3.23. The first-order valence-corrected chi connectivity index (χ1v) is 8.21. The minimum absolute atomic E-state index is 0.0916. The highest BCUT2D eigenvalue weighted by molar-refractivity contribution is 5.85. The summed E-state index contributed by atoms with van der Waals surface area (Å²) in [7, 11) is 1.63. The zero-order valence-corrected chi connectivity index (χ0v) is 13.7. The van der Waals surface area contributed by atoms with Gasteiger partial charge < -0.3 is 15.4 Å². The second-order valence-electron chi connectivity index (χ2n) is 5.94. The molecule has 0 radical (unpaired) electrons. The third-order valence-corrected chi connectivity index (χ3v) is 4.39. The lowest BCUT2D eigenvalue weighted by Crippen LogP contribution is -2.37. The van der Waals surface area contributed by atoms with Crippen LogP contribution in [0.25, 0.3) is 10.9 Å². The summed E-state index contributed by atoms with van der Waals surface area (Å²) in [5, 5.41) is 6.95. The number of nitrogens with zero attached hydrogens (tertiary/aromatic N) is 1. The van der Waals surface area contributed by atoms with Crippen LogP contribution < -0.4 is 15.4 Å². The van der Waals surface area contributed by atoms with Gasteiger partial charge in [-0.05, 0) is 36.5 Å². The number of pyridine rings is 1. The molecule has 1 aromatic heterocycles. The van der Waals surface area contributed by atoms with Crippen LogP contribution in [0.3, 0.4) is 0 Å². The van der Waals surface area contributed by atoms with Crippen molar-refractivity contribution < 1.29 is 9.53 Å². The van der Waals surface area contributed by atoms with Crippen molar-refractivity contribution in [2.45, 2.75) is 32.1 Å². The first-order valence-electron chi connectivity index (χ1n) is 8.21. The van der Waals surface area contributed by atoms with Crippen molar-refractivity contribution in [3.63, 3.8) is 0 Å². The molecule has 0 aliphatic heterocycles. The van der Waals surface area contributed by atoms with Crippen molar-refractivity contribution >= 4 is 16.9 Å². The standard InChI is InChI=1S/C18H23N3O2/c1-3-10-19-18(22)20-11-14-7-5-12-4-6-13-8-9-15(23-2)21-17(13)16(12)14/h4,6,8-9,14H,3,5,7,10-11H2,1-2H3,(H2,19,20,22). The van der Waals surface area contributed by atoms with E-state index in [2.05, 4.69) is 27.8 Å². The molecule has 122 valence electrons. The Bertz CT molecular complexity index is 715. The molecule has 1 aromatic carbocycles. The molecule has 0 fully saturated rings. The van der Waals surface area contributed by atoms with Crippen molar-refractivity contribution in [1.82, 2.24) is 15.6 Å². The molecule has 1 aliphatic rings. The van der Waals surface area contributed by atoms with Gasteiger partial charge in [0.2, 0.25) is 5.88 Å². The van der Waals surface area contributed by atoms with Crippen molar-refractivity contribution in [3.05, 3.63) is 35.4 Å². The molecular formula is C18H23N3O2.